The minimum atomic E-state index is -0.591. The first kappa shape index (κ1) is 15.2. The first-order valence-electron chi connectivity index (χ1n) is 6.59. The second-order valence-corrected chi connectivity index (χ2v) is 5.71. The van der Waals surface area contributed by atoms with Gasteiger partial charge in [-0.05, 0) is 12.5 Å². The van der Waals surface area contributed by atoms with Crippen LogP contribution in [0.15, 0.2) is 18.2 Å². The van der Waals surface area contributed by atoms with Crippen molar-refractivity contribution in [3.63, 3.8) is 0 Å². The topological polar surface area (TPSA) is 102 Å². The number of methoxy groups -OCH3 is 1. The van der Waals surface area contributed by atoms with Crippen LogP contribution in [0.25, 0.3) is 0 Å². The second kappa shape index (κ2) is 5.33. The van der Waals surface area contributed by atoms with Crippen molar-refractivity contribution in [2.45, 2.75) is 32.4 Å². The van der Waals surface area contributed by atoms with Crippen molar-refractivity contribution in [1.29, 1.82) is 0 Å². The van der Waals surface area contributed by atoms with E-state index in [0.717, 1.165) is 0 Å². The molecule has 7 nitrogen and oxygen atoms in total. The van der Waals surface area contributed by atoms with Crippen LogP contribution in [0.1, 0.15) is 30.6 Å². The Morgan fingerprint density at radius 1 is 1.52 bits per heavy atom. The Balaban J connectivity index is 2.24. The van der Waals surface area contributed by atoms with Gasteiger partial charge in [0.05, 0.1) is 23.7 Å². The Kier molecular flexibility index (Phi) is 3.87. The van der Waals surface area contributed by atoms with Gasteiger partial charge in [-0.15, -0.1) is 0 Å². The van der Waals surface area contributed by atoms with Gasteiger partial charge < -0.3 is 15.2 Å². The molecular formula is C14H18N2O5. The fourth-order valence-electron chi connectivity index (χ4n) is 2.45. The van der Waals surface area contributed by atoms with E-state index in [4.69, 9.17) is 4.74 Å². The number of hydrogen-bond acceptors (Lipinski definition) is 5. The highest BCUT2D eigenvalue weighted by Gasteiger charge is 2.48. The van der Waals surface area contributed by atoms with Gasteiger partial charge >= 0.3 is 5.69 Å². The summed E-state index contributed by atoms with van der Waals surface area (Å²) in [5, 5.41) is 23.4. The van der Waals surface area contributed by atoms with Gasteiger partial charge in [0.2, 0.25) is 5.75 Å². The number of hydrogen-bond donors (Lipinski definition) is 2. The first-order valence-corrected chi connectivity index (χ1v) is 6.59. The maximum Gasteiger partial charge on any atom is 0.311 e. The van der Waals surface area contributed by atoms with Crippen molar-refractivity contribution < 1.29 is 19.6 Å². The van der Waals surface area contributed by atoms with Crippen LogP contribution in [0.5, 0.6) is 5.75 Å². The molecule has 2 rings (SSSR count). The van der Waals surface area contributed by atoms with Crippen LogP contribution in [0.2, 0.25) is 0 Å². The number of nitro benzene ring substituents is 1. The summed E-state index contributed by atoms with van der Waals surface area (Å²) in [6, 6.07) is 4.02. The number of nitro groups is 1. The number of benzene rings is 1. The van der Waals surface area contributed by atoms with Gasteiger partial charge in [0, 0.05) is 17.5 Å². The molecule has 1 amide bonds. The monoisotopic (exact) mass is 294 g/mol. The molecule has 7 heteroatoms. The van der Waals surface area contributed by atoms with Crippen molar-refractivity contribution >= 4 is 11.6 Å². The van der Waals surface area contributed by atoms with E-state index in [9.17, 15) is 20.0 Å². The molecule has 2 unspecified atom stereocenters. The van der Waals surface area contributed by atoms with Crippen molar-refractivity contribution in [2.75, 3.05) is 7.11 Å². The highest BCUT2D eigenvalue weighted by atomic mass is 16.6. The van der Waals surface area contributed by atoms with Crippen LogP contribution in [0.4, 0.5) is 5.69 Å². The number of carbonyl (C=O) groups is 1. The van der Waals surface area contributed by atoms with Gasteiger partial charge in [-0.3, -0.25) is 14.9 Å². The molecule has 1 aliphatic rings. The van der Waals surface area contributed by atoms with E-state index in [0.29, 0.717) is 6.42 Å². The zero-order chi connectivity index (χ0) is 15.8. The number of aliphatic hydroxyl groups is 1. The smallest absolute Gasteiger partial charge is 0.311 e. The summed E-state index contributed by atoms with van der Waals surface area (Å²) in [5.74, 6) is -0.502. The number of aliphatic hydroxyl groups excluding tert-OH is 1. The molecule has 0 saturated heterocycles. The molecule has 2 atom stereocenters. The molecule has 114 valence electrons. The standard InChI is InChI=1S/C14H18N2O5/c1-14(2)10(7-11(14)17)15-13(18)8-5-4-6-9(16(19)20)12(8)21-3/h4-6,10-11,17H,7H2,1-3H3,(H,15,18). The lowest BCUT2D eigenvalue weighted by Gasteiger charge is -2.49. The normalized spacial score (nSPS) is 23.0. The van der Waals surface area contributed by atoms with Crippen molar-refractivity contribution in [3.8, 4) is 5.75 Å². The van der Waals surface area contributed by atoms with Gasteiger partial charge in [-0.25, -0.2) is 0 Å². The van der Waals surface area contributed by atoms with Gasteiger partial charge in [-0.2, -0.15) is 0 Å². The van der Waals surface area contributed by atoms with E-state index < -0.39 is 22.3 Å². The third kappa shape index (κ3) is 2.56. The average molecular weight is 294 g/mol. The summed E-state index contributed by atoms with van der Waals surface area (Å²) >= 11 is 0. The summed E-state index contributed by atoms with van der Waals surface area (Å²) in [7, 11) is 1.29. The Morgan fingerprint density at radius 2 is 2.19 bits per heavy atom. The number of para-hydroxylation sites is 1. The maximum absolute atomic E-state index is 12.3. The SMILES string of the molecule is COc1c(C(=O)NC2CC(O)C2(C)C)cccc1[N+](=O)[O-]. The molecule has 0 radical (unpaired) electrons. The molecule has 1 fully saturated rings. The molecular weight excluding hydrogens is 276 g/mol. The number of nitrogens with zero attached hydrogens (tertiary/aromatic N) is 1. The predicted molar refractivity (Wildman–Crippen MR) is 75.3 cm³/mol. The summed E-state index contributed by atoms with van der Waals surface area (Å²) in [5.41, 5.74) is -0.550. The quantitative estimate of drug-likeness (QED) is 0.647. The number of carbonyl (C=O) groups excluding carboxylic acids is 1. The van der Waals surface area contributed by atoms with Crippen LogP contribution in [0.3, 0.4) is 0 Å². The van der Waals surface area contributed by atoms with Gasteiger partial charge in [0.25, 0.3) is 5.91 Å². The van der Waals surface area contributed by atoms with Crippen LogP contribution >= 0.6 is 0 Å². The fraction of sp³-hybridized carbons (Fsp3) is 0.500. The predicted octanol–water partition coefficient (Wildman–Crippen LogP) is 1.49. The van der Waals surface area contributed by atoms with Gasteiger partial charge in [-0.1, -0.05) is 19.9 Å². The van der Waals surface area contributed by atoms with Crippen molar-refractivity contribution in [3.05, 3.63) is 33.9 Å². The molecule has 21 heavy (non-hydrogen) atoms. The summed E-state index contributed by atoms with van der Waals surface area (Å²) in [6.07, 6.45) is 0.00509. The Morgan fingerprint density at radius 3 is 2.67 bits per heavy atom. The van der Waals surface area contributed by atoms with Gasteiger partial charge in [0.1, 0.15) is 0 Å². The molecule has 2 N–H and O–H groups in total. The molecule has 0 aliphatic heterocycles. The van der Waals surface area contributed by atoms with E-state index in [-0.39, 0.29) is 23.0 Å². The number of amides is 1. The van der Waals surface area contributed by atoms with Crippen molar-refractivity contribution in [2.24, 2.45) is 5.41 Å². The fourth-order valence-corrected chi connectivity index (χ4v) is 2.45. The minimum absolute atomic E-state index is 0.0577. The van der Waals surface area contributed by atoms with E-state index in [1.807, 2.05) is 13.8 Å². The van der Waals surface area contributed by atoms with E-state index in [2.05, 4.69) is 5.32 Å². The van der Waals surface area contributed by atoms with Crippen LogP contribution in [0, 0.1) is 15.5 Å². The lowest BCUT2D eigenvalue weighted by atomic mass is 9.64. The molecule has 0 spiro atoms. The molecule has 1 aromatic carbocycles. The number of rotatable bonds is 4. The van der Waals surface area contributed by atoms with Crippen LogP contribution in [-0.2, 0) is 0 Å². The Labute approximate surface area is 122 Å². The molecule has 0 bridgehead atoms. The highest BCUT2D eigenvalue weighted by Crippen LogP contribution is 2.41. The van der Waals surface area contributed by atoms with Crippen LogP contribution in [-0.4, -0.2) is 35.2 Å². The summed E-state index contributed by atoms with van der Waals surface area (Å²) in [4.78, 5) is 22.7. The van der Waals surface area contributed by atoms with E-state index in [1.165, 1.54) is 25.3 Å². The zero-order valence-corrected chi connectivity index (χ0v) is 12.1. The second-order valence-electron chi connectivity index (χ2n) is 5.71. The van der Waals surface area contributed by atoms with E-state index in [1.54, 1.807) is 0 Å². The summed E-state index contributed by atoms with van der Waals surface area (Å²) in [6.45, 7) is 3.72. The maximum atomic E-state index is 12.3. The molecule has 1 aromatic rings. The third-order valence-electron chi connectivity index (χ3n) is 4.16. The number of nitrogens with one attached hydrogen (secondary N) is 1. The Bertz CT molecular complexity index is 585. The lowest BCUT2D eigenvalue weighted by molar-refractivity contribution is -0.385. The highest BCUT2D eigenvalue weighted by molar-refractivity contribution is 5.98. The van der Waals surface area contributed by atoms with E-state index >= 15 is 0 Å². The van der Waals surface area contributed by atoms with Crippen molar-refractivity contribution in [1.82, 2.24) is 5.32 Å². The molecule has 1 aliphatic carbocycles. The zero-order valence-electron chi connectivity index (χ0n) is 12.1. The lowest BCUT2D eigenvalue weighted by Crippen LogP contribution is -2.61. The number of ether oxygens (including phenoxy) is 1. The molecule has 1 saturated carbocycles. The molecule has 0 heterocycles. The van der Waals surface area contributed by atoms with Crippen LogP contribution < -0.4 is 10.1 Å². The first-order chi connectivity index (χ1) is 9.78. The summed E-state index contributed by atoms with van der Waals surface area (Å²) < 4.78 is 5.01. The largest absolute Gasteiger partial charge is 0.490 e. The van der Waals surface area contributed by atoms with Gasteiger partial charge in [0.15, 0.2) is 0 Å². The third-order valence-corrected chi connectivity index (χ3v) is 4.16. The average Bonchev–Trinajstić information content (AvgIpc) is 2.45. The molecule has 0 aromatic heterocycles. The minimum Gasteiger partial charge on any atom is -0.490 e. The Hall–Kier alpha value is -2.15.